The van der Waals surface area contributed by atoms with Gasteiger partial charge in [-0.1, -0.05) is 0 Å². The molecule has 132 valence electrons. The SMILES string of the molecule is C[C@H](NC(=O)C1CCCN(S(=O)(=O)c2ccc(F)cc2)C1)C(=O)O. The maximum absolute atomic E-state index is 13.0. The Hall–Kier alpha value is -2.00. The molecule has 1 aromatic carbocycles. The minimum absolute atomic E-state index is 0.0299. The number of amides is 1. The molecular formula is C15H19FN2O5S. The standard InChI is InChI=1S/C15H19FN2O5S/c1-10(15(20)21)17-14(19)11-3-2-8-18(9-11)24(22,23)13-6-4-12(16)5-7-13/h4-7,10-11H,2-3,8-9H2,1H3,(H,17,19)(H,20,21)/t10-,11?/m0/s1. The third-order valence-electron chi connectivity index (χ3n) is 3.94. The van der Waals surface area contributed by atoms with E-state index in [9.17, 15) is 22.4 Å². The molecule has 2 rings (SSSR count). The highest BCUT2D eigenvalue weighted by Crippen LogP contribution is 2.24. The number of carboxylic acids is 1. The van der Waals surface area contributed by atoms with Gasteiger partial charge in [-0.15, -0.1) is 0 Å². The highest BCUT2D eigenvalue weighted by atomic mass is 32.2. The van der Waals surface area contributed by atoms with Crippen LogP contribution in [-0.4, -0.2) is 48.8 Å². The van der Waals surface area contributed by atoms with Crippen LogP contribution < -0.4 is 5.32 Å². The van der Waals surface area contributed by atoms with Crippen LogP contribution in [0.3, 0.4) is 0 Å². The molecule has 1 aliphatic rings. The smallest absolute Gasteiger partial charge is 0.325 e. The highest BCUT2D eigenvalue weighted by Gasteiger charge is 2.34. The van der Waals surface area contributed by atoms with E-state index in [2.05, 4.69) is 5.32 Å². The zero-order valence-electron chi connectivity index (χ0n) is 13.1. The number of benzene rings is 1. The second-order valence-corrected chi connectivity index (χ2v) is 7.66. The van der Waals surface area contributed by atoms with Crippen molar-refractivity contribution in [1.82, 2.24) is 9.62 Å². The number of sulfonamides is 1. The second kappa shape index (κ2) is 7.27. The fraction of sp³-hybridized carbons (Fsp3) is 0.467. The Morgan fingerprint density at radius 3 is 2.54 bits per heavy atom. The van der Waals surface area contributed by atoms with Gasteiger partial charge in [0.05, 0.1) is 10.8 Å². The number of aliphatic carboxylic acids is 1. The molecule has 1 aromatic rings. The fourth-order valence-electron chi connectivity index (χ4n) is 2.52. The molecule has 0 aliphatic carbocycles. The van der Waals surface area contributed by atoms with Gasteiger partial charge in [0.1, 0.15) is 11.9 Å². The van der Waals surface area contributed by atoms with E-state index in [1.165, 1.54) is 23.4 Å². The van der Waals surface area contributed by atoms with E-state index in [0.717, 1.165) is 12.1 Å². The van der Waals surface area contributed by atoms with Gasteiger partial charge in [0.15, 0.2) is 0 Å². The zero-order valence-corrected chi connectivity index (χ0v) is 13.9. The summed E-state index contributed by atoms with van der Waals surface area (Å²) in [5.74, 6) is -2.79. The fourth-order valence-corrected chi connectivity index (χ4v) is 4.05. The number of hydrogen-bond acceptors (Lipinski definition) is 4. The molecule has 9 heteroatoms. The molecule has 2 atom stereocenters. The van der Waals surface area contributed by atoms with Gasteiger partial charge in [0, 0.05) is 13.1 Å². The lowest BCUT2D eigenvalue weighted by atomic mass is 9.98. The Kier molecular flexibility index (Phi) is 5.55. The van der Waals surface area contributed by atoms with Gasteiger partial charge in [-0.2, -0.15) is 4.31 Å². The number of rotatable bonds is 5. The summed E-state index contributed by atoms with van der Waals surface area (Å²) in [6.07, 6.45) is 0.966. The summed E-state index contributed by atoms with van der Waals surface area (Å²) in [7, 11) is -3.82. The average Bonchev–Trinajstić information content (AvgIpc) is 2.55. The van der Waals surface area contributed by atoms with Crippen LogP contribution >= 0.6 is 0 Å². The van der Waals surface area contributed by atoms with Gasteiger partial charge in [0.25, 0.3) is 0 Å². The molecule has 0 spiro atoms. The number of carbonyl (C=O) groups excluding carboxylic acids is 1. The average molecular weight is 358 g/mol. The van der Waals surface area contributed by atoms with Crippen LogP contribution in [0.25, 0.3) is 0 Å². The van der Waals surface area contributed by atoms with Gasteiger partial charge in [0.2, 0.25) is 15.9 Å². The van der Waals surface area contributed by atoms with Crippen molar-refractivity contribution in [2.24, 2.45) is 5.92 Å². The summed E-state index contributed by atoms with van der Waals surface area (Å²) in [6, 6.07) is 3.45. The number of piperidine rings is 1. The molecule has 1 aliphatic heterocycles. The number of carbonyl (C=O) groups is 2. The quantitative estimate of drug-likeness (QED) is 0.811. The summed E-state index contributed by atoms with van der Waals surface area (Å²) in [4.78, 5) is 22.9. The molecule has 2 N–H and O–H groups in total. The maximum atomic E-state index is 13.0. The normalized spacial score (nSPS) is 20.3. The Morgan fingerprint density at radius 1 is 1.33 bits per heavy atom. The number of hydrogen-bond donors (Lipinski definition) is 2. The zero-order chi connectivity index (χ0) is 17.9. The number of halogens is 1. The Morgan fingerprint density at radius 2 is 1.96 bits per heavy atom. The summed E-state index contributed by atoms with van der Waals surface area (Å²) in [6.45, 7) is 1.58. The predicted octanol–water partition coefficient (Wildman–Crippen LogP) is 0.816. The Balaban J connectivity index is 2.11. The van der Waals surface area contributed by atoms with Crippen LogP contribution in [0.4, 0.5) is 4.39 Å². The van der Waals surface area contributed by atoms with E-state index in [1.807, 2.05) is 0 Å². The lowest BCUT2D eigenvalue weighted by Gasteiger charge is -2.31. The first-order valence-electron chi connectivity index (χ1n) is 7.50. The molecule has 0 saturated carbocycles. The van der Waals surface area contributed by atoms with Crippen molar-refractivity contribution in [3.05, 3.63) is 30.1 Å². The van der Waals surface area contributed by atoms with Crippen LogP contribution in [0.2, 0.25) is 0 Å². The minimum atomic E-state index is -3.82. The first-order chi connectivity index (χ1) is 11.2. The van der Waals surface area contributed by atoms with Crippen LogP contribution in [-0.2, 0) is 19.6 Å². The Labute approximate surface area is 139 Å². The number of carboxylic acid groups (broad SMARTS) is 1. The third kappa shape index (κ3) is 4.09. The van der Waals surface area contributed by atoms with Crippen molar-refractivity contribution >= 4 is 21.9 Å². The predicted molar refractivity (Wildman–Crippen MR) is 83.1 cm³/mol. The number of nitrogens with one attached hydrogen (secondary N) is 1. The van der Waals surface area contributed by atoms with Gasteiger partial charge in [-0.05, 0) is 44.0 Å². The van der Waals surface area contributed by atoms with E-state index >= 15 is 0 Å². The first kappa shape index (κ1) is 18.3. The van der Waals surface area contributed by atoms with E-state index < -0.39 is 39.7 Å². The molecular weight excluding hydrogens is 339 g/mol. The van der Waals surface area contributed by atoms with Crippen molar-refractivity contribution in [3.8, 4) is 0 Å². The largest absolute Gasteiger partial charge is 0.480 e. The molecule has 0 aromatic heterocycles. The molecule has 1 heterocycles. The summed E-state index contributed by atoms with van der Waals surface area (Å²) >= 11 is 0. The molecule has 0 bridgehead atoms. The van der Waals surface area contributed by atoms with Gasteiger partial charge >= 0.3 is 5.97 Å². The van der Waals surface area contributed by atoms with E-state index in [0.29, 0.717) is 12.8 Å². The minimum Gasteiger partial charge on any atom is -0.480 e. The summed E-state index contributed by atoms with van der Waals surface area (Å²) < 4.78 is 39.3. The summed E-state index contributed by atoms with van der Waals surface area (Å²) in [5.41, 5.74) is 0. The third-order valence-corrected chi connectivity index (χ3v) is 5.81. The lowest BCUT2D eigenvalue weighted by Crippen LogP contribution is -2.48. The number of nitrogens with zero attached hydrogens (tertiary/aromatic N) is 1. The monoisotopic (exact) mass is 358 g/mol. The summed E-state index contributed by atoms with van der Waals surface area (Å²) in [5, 5.41) is 11.2. The molecule has 1 saturated heterocycles. The van der Waals surface area contributed by atoms with Crippen molar-refractivity contribution in [2.45, 2.75) is 30.7 Å². The van der Waals surface area contributed by atoms with Crippen LogP contribution in [0.1, 0.15) is 19.8 Å². The molecule has 7 nitrogen and oxygen atoms in total. The molecule has 1 fully saturated rings. The Bertz CT molecular complexity index is 720. The molecule has 1 amide bonds. The van der Waals surface area contributed by atoms with Crippen LogP contribution in [0.5, 0.6) is 0 Å². The van der Waals surface area contributed by atoms with E-state index in [-0.39, 0.29) is 18.0 Å². The van der Waals surface area contributed by atoms with Crippen molar-refractivity contribution < 1.29 is 27.5 Å². The maximum Gasteiger partial charge on any atom is 0.325 e. The van der Waals surface area contributed by atoms with Gasteiger partial charge in [-0.3, -0.25) is 9.59 Å². The first-order valence-corrected chi connectivity index (χ1v) is 8.94. The van der Waals surface area contributed by atoms with E-state index in [1.54, 1.807) is 0 Å². The topological polar surface area (TPSA) is 104 Å². The van der Waals surface area contributed by atoms with Crippen molar-refractivity contribution in [1.29, 1.82) is 0 Å². The highest BCUT2D eigenvalue weighted by molar-refractivity contribution is 7.89. The van der Waals surface area contributed by atoms with Crippen LogP contribution in [0, 0.1) is 11.7 Å². The van der Waals surface area contributed by atoms with Crippen molar-refractivity contribution in [2.75, 3.05) is 13.1 Å². The molecule has 0 radical (unpaired) electrons. The van der Waals surface area contributed by atoms with Gasteiger partial charge in [-0.25, -0.2) is 12.8 Å². The van der Waals surface area contributed by atoms with Crippen molar-refractivity contribution in [3.63, 3.8) is 0 Å². The van der Waals surface area contributed by atoms with E-state index in [4.69, 9.17) is 5.11 Å². The van der Waals surface area contributed by atoms with Gasteiger partial charge < -0.3 is 10.4 Å². The second-order valence-electron chi connectivity index (χ2n) is 5.72. The lowest BCUT2D eigenvalue weighted by molar-refractivity contribution is -0.142. The molecule has 24 heavy (non-hydrogen) atoms. The van der Waals surface area contributed by atoms with Crippen LogP contribution in [0.15, 0.2) is 29.2 Å². The molecule has 1 unspecified atom stereocenters.